The maximum atomic E-state index is 10.6. The predicted octanol–water partition coefficient (Wildman–Crippen LogP) is -2.02. The number of aromatic nitrogens is 2. The number of anilines is 1. The first-order valence-electron chi connectivity index (χ1n) is 2.50. The minimum Gasteiger partial charge on any atom is -0.409 e. The van der Waals surface area contributed by atoms with Crippen LogP contribution in [0, 0.1) is 5.21 Å². The fourth-order valence-corrected chi connectivity index (χ4v) is 0.531. The normalized spacial score (nSPS) is 11.8. The van der Waals surface area contributed by atoms with E-state index < -0.39 is 5.84 Å². The molecule has 0 atom stereocenters. The molecule has 0 saturated heterocycles. The van der Waals surface area contributed by atoms with Gasteiger partial charge in [-0.2, -0.15) is 0 Å². The molecule has 1 heterocycles. The lowest BCUT2D eigenvalue weighted by Crippen LogP contribution is -2.35. The molecule has 1 rings (SSSR count). The van der Waals surface area contributed by atoms with Crippen LogP contribution in [-0.4, -0.2) is 16.2 Å². The van der Waals surface area contributed by atoms with Crippen molar-refractivity contribution in [2.45, 2.75) is 0 Å². The summed E-state index contributed by atoms with van der Waals surface area (Å²) in [4.78, 5) is -0.0512. The Morgan fingerprint density at radius 1 is 1.82 bits per heavy atom. The third kappa shape index (κ3) is 1.000. The largest absolute Gasteiger partial charge is 0.409 e. The fraction of sp³-hybridized carbons (Fsp3) is 0. The molecule has 0 radical (unpaired) electrons. The van der Waals surface area contributed by atoms with E-state index in [1.54, 1.807) is 0 Å². The summed E-state index contributed by atoms with van der Waals surface area (Å²) < 4.78 is 4.03. The Kier molecular flexibility index (Phi) is 1.51. The molecule has 0 aliphatic heterocycles. The van der Waals surface area contributed by atoms with Gasteiger partial charge in [-0.3, -0.25) is 4.63 Å². The van der Waals surface area contributed by atoms with E-state index in [1.165, 1.54) is 0 Å². The van der Waals surface area contributed by atoms with Crippen molar-refractivity contribution < 1.29 is 14.7 Å². The first-order chi connectivity index (χ1) is 5.16. The minimum atomic E-state index is -0.446. The number of oxime groups is 1. The van der Waals surface area contributed by atoms with Crippen molar-refractivity contribution in [1.82, 2.24) is 5.16 Å². The van der Waals surface area contributed by atoms with Gasteiger partial charge in [-0.15, -0.1) is 0 Å². The first-order valence-corrected chi connectivity index (χ1v) is 2.50. The van der Waals surface area contributed by atoms with Crippen LogP contribution in [-0.2, 0) is 0 Å². The molecular formula is C3H5N5O3. The van der Waals surface area contributed by atoms with Gasteiger partial charge in [0.2, 0.25) is 5.84 Å². The summed E-state index contributed by atoms with van der Waals surface area (Å²) in [6, 6.07) is 0. The minimum absolute atomic E-state index is 0.0512. The van der Waals surface area contributed by atoms with Gasteiger partial charge in [-0.1, -0.05) is 5.16 Å². The van der Waals surface area contributed by atoms with Crippen molar-refractivity contribution in [1.29, 1.82) is 0 Å². The van der Waals surface area contributed by atoms with Gasteiger partial charge in [0.25, 0.3) is 5.69 Å². The third-order valence-corrected chi connectivity index (χ3v) is 0.989. The number of nitrogen functional groups attached to an aromatic ring is 1. The smallest absolute Gasteiger partial charge is 0.316 e. The Hall–Kier alpha value is -1.99. The molecule has 0 bridgehead atoms. The average Bonchev–Trinajstić information content (AvgIpc) is 2.30. The van der Waals surface area contributed by atoms with Crippen LogP contribution in [0.4, 0.5) is 5.82 Å². The molecule has 0 aliphatic rings. The summed E-state index contributed by atoms with van der Waals surface area (Å²) in [6.45, 7) is 0. The van der Waals surface area contributed by atoms with Gasteiger partial charge < -0.3 is 21.9 Å². The molecule has 0 spiro atoms. The highest BCUT2D eigenvalue weighted by atomic mass is 16.8. The molecule has 0 aliphatic carbocycles. The second kappa shape index (κ2) is 2.33. The van der Waals surface area contributed by atoms with E-state index in [0.717, 1.165) is 0 Å². The van der Waals surface area contributed by atoms with Crippen LogP contribution in [0.15, 0.2) is 9.78 Å². The van der Waals surface area contributed by atoms with Crippen molar-refractivity contribution in [3.8, 4) is 0 Å². The Labute approximate surface area is 60.2 Å². The molecule has 0 unspecified atom stereocenters. The van der Waals surface area contributed by atoms with E-state index in [1.807, 2.05) is 0 Å². The fourth-order valence-electron chi connectivity index (χ4n) is 0.531. The maximum absolute atomic E-state index is 10.6. The number of amidine groups is 1. The highest BCUT2D eigenvalue weighted by Gasteiger charge is 2.19. The van der Waals surface area contributed by atoms with Crippen LogP contribution in [0.25, 0.3) is 0 Å². The van der Waals surface area contributed by atoms with Crippen molar-refractivity contribution in [3.05, 3.63) is 10.9 Å². The quantitative estimate of drug-likeness (QED) is 0.142. The SMILES string of the molecule is N/C(=N\O)c1c(N)no[n+]1[O-]. The zero-order chi connectivity index (χ0) is 8.43. The molecule has 60 valence electrons. The molecule has 8 heteroatoms. The molecule has 5 N–H and O–H groups in total. The van der Waals surface area contributed by atoms with E-state index in [9.17, 15) is 5.21 Å². The van der Waals surface area contributed by atoms with E-state index in [0.29, 0.717) is 0 Å². The lowest BCUT2D eigenvalue weighted by Gasteiger charge is -1.90. The second-order valence-corrected chi connectivity index (χ2v) is 1.65. The maximum Gasteiger partial charge on any atom is 0.316 e. The third-order valence-electron chi connectivity index (χ3n) is 0.989. The molecule has 1 aromatic heterocycles. The van der Waals surface area contributed by atoms with Gasteiger partial charge in [0.1, 0.15) is 0 Å². The standard InChI is InChI=1S/C3H5N5O3/c4-2(6-9)1-3(5)7-11-8(1)10/h9H,(H2,4,6)(H2,5,7). The molecule has 8 nitrogen and oxygen atoms in total. The molecule has 1 aromatic rings. The summed E-state index contributed by atoms with van der Waals surface area (Å²) >= 11 is 0. The van der Waals surface area contributed by atoms with Crippen LogP contribution in [0.1, 0.15) is 5.69 Å². The van der Waals surface area contributed by atoms with Gasteiger partial charge in [-0.25, -0.2) is 0 Å². The summed E-state index contributed by atoms with van der Waals surface area (Å²) in [6.07, 6.45) is 0. The van der Waals surface area contributed by atoms with E-state index >= 15 is 0 Å². The van der Waals surface area contributed by atoms with E-state index in [2.05, 4.69) is 14.9 Å². The Bertz CT molecular complexity index is 272. The number of nitrogens with zero attached hydrogens (tertiary/aromatic N) is 3. The monoisotopic (exact) mass is 159 g/mol. The highest BCUT2D eigenvalue weighted by molar-refractivity contribution is 5.97. The van der Waals surface area contributed by atoms with Crippen molar-refractivity contribution >= 4 is 11.7 Å². The van der Waals surface area contributed by atoms with Gasteiger partial charge in [0.05, 0.1) is 5.16 Å². The van der Waals surface area contributed by atoms with Crippen molar-refractivity contribution in [2.75, 3.05) is 5.73 Å². The molecule has 0 amide bonds. The predicted molar refractivity (Wildman–Crippen MR) is 32.4 cm³/mol. The molecule has 0 saturated carbocycles. The highest BCUT2D eigenvalue weighted by Crippen LogP contribution is 1.99. The lowest BCUT2D eigenvalue weighted by atomic mass is 10.4. The lowest BCUT2D eigenvalue weighted by molar-refractivity contribution is -0.803. The van der Waals surface area contributed by atoms with Crippen LogP contribution < -0.4 is 16.4 Å². The van der Waals surface area contributed by atoms with Gasteiger partial charge in [-0.05, 0) is 4.90 Å². The summed E-state index contributed by atoms with van der Waals surface area (Å²) in [5.74, 6) is -0.672. The number of nitrogens with two attached hydrogens (primary N) is 2. The van der Waals surface area contributed by atoms with E-state index in [-0.39, 0.29) is 16.4 Å². The van der Waals surface area contributed by atoms with E-state index in [4.69, 9.17) is 16.7 Å². The first kappa shape index (κ1) is 7.12. The van der Waals surface area contributed by atoms with Crippen LogP contribution in [0.3, 0.4) is 0 Å². The number of hydrogen-bond donors (Lipinski definition) is 3. The number of hydrogen-bond acceptors (Lipinski definition) is 6. The topological polar surface area (TPSA) is 138 Å². The average molecular weight is 159 g/mol. The molecule has 0 aromatic carbocycles. The zero-order valence-electron chi connectivity index (χ0n) is 5.26. The van der Waals surface area contributed by atoms with Crippen LogP contribution >= 0.6 is 0 Å². The van der Waals surface area contributed by atoms with Crippen LogP contribution in [0.2, 0.25) is 0 Å². The summed E-state index contributed by atoms with van der Waals surface area (Å²) in [7, 11) is 0. The Morgan fingerprint density at radius 2 is 2.45 bits per heavy atom. The number of rotatable bonds is 1. The van der Waals surface area contributed by atoms with Gasteiger partial charge in [0.15, 0.2) is 0 Å². The summed E-state index contributed by atoms with van der Waals surface area (Å²) in [5, 5.41) is 24.3. The van der Waals surface area contributed by atoms with Crippen LogP contribution in [0.5, 0.6) is 0 Å². The van der Waals surface area contributed by atoms with Gasteiger partial charge in [0, 0.05) is 0 Å². The van der Waals surface area contributed by atoms with Gasteiger partial charge >= 0.3 is 5.82 Å². The van der Waals surface area contributed by atoms with Crippen molar-refractivity contribution in [2.24, 2.45) is 10.9 Å². The summed E-state index contributed by atoms with van der Waals surface area (Å²) in [5.41, 5.74) is 9.86. The molecular weight excluding hydrogens is 154 g/mol. The molecule has 11 heavy (non-hydrogen) atoms. The van der Waals surface area contributed by atoms with Crippen molar-refractivity contribution in [3.63, 3.8) is 0 Å². The zero-order valence-corrected chi connectivity index (χ0v) is 5.26. The molecule has 0 fully saturated rings. The Balaban J connectivity index is 3.21. The Morgan fingerprint density at radius 3 is 2.82 bits per heavy atom. The second-order valence-electron chi connectivity index (χ2n) is 1.65.